The van der Waals surface area contributed by atoms with Crippen molar-refractivity contribution in [3.8, 4) is 0 Å². The molecule has 88 valence electrons. The van der Waals surface area contributed by atoms with Crippen molar-refractivity contribution >= 4 is 23.1 Å². The van der Waals surface area contributed by atoms with Gasteiger partial charge in [-0.2, -0.15) is 0 Å². The number of benzene rings is 1. The van der Waals surface area contributed by atoms with Crippen LogP contribution in [0.3, 0.4) is 0 Å². The van der Waals surface area contributed by atoms with Crippen LogP contribution in [-0.4, -0.2) is 16.8 Å². The van der Waals surface area contributed by atoms with Crippen LogP contribution in [-0.2, 0) is 0 Å². The largest absolute Gasteiger partial charge is 0.298 e. The minimum absolute atomic E-state index is 0.0202. The molecule has 0 fully saturated rings. The van der Waals surface area contributed by atoms with Crippen molar-refractivity contribution in [1.29, 1.82) is 0 Å². The van der Waals surface area contributed by atoms with E-state index in [0.29, 0.717) is 5.56 Å². The fourth-order valence-corrected chi connectivity index (χ4v) is 2.08. The maximum absolute atomic E-state index is 12.2. The Morgan fingerprint density at radius 1 is 1.29 bits per heavy atom. The molecule has 1 heterocycles. The number of carbonyl (C=O) groups excluding carboxylic acids is 2. The molecular formula is C14H15NO2. The van der Waals surface area contributed by atoms with Crippen LogP contribution in [0.25, 0.3) is 10.9 Å². The van der Waals surface area contributed by atoms with Crippen molar-refractivity contribution < 1.29 is 9.59 Å². The lowest BCUT2D eigenvalue weighted by Crippen LogP contribution is -2.18. The average Bonchev–Trinajstić information content (AvgIpc) is 2.59. The number of fused-ring (bicyclic) bond motifs is 1. The molecule has 3 heteroatoms. The molecule has 0 saturated heterocycles. The van der Waals surface area contributed by atoms with Crippen molar-refractivity contribution in [3.63, 3.8) is 0 Å². The number of rotatable bonds is 2. The first kappa shape index (κ1) is 11.6. The molecule has 3 nitrogen and oxygen atoms in total. The Labute approximate surface area is 100 Å². The van der Waals surface area contributed by atoms with Crippen LogP contribution in [0.2, 0.25) is 0 Å². The molecule has 0 radical (unpaired) electrons. The van der Waals surface area contributed by atoms with Crippen LogP contribution in [0.5, 0.6) is 0 Å². The number of carbonyl (C=O) groups is 2. The van der Waals surface area contributed by atoms with E-state index in [1.807, 2.05) is 45.0 Å². The van der Waals surface area contributed by atoms with E-state index < -0.39 is 0 Å². The molecule has 17 heavy (non-hydrogen) atoms. The van der Waals surface area contributed by atoms with Gasteiger partial charge in [0.15, 0.2) is 6.29 Å². The van der Waals surface area contributed by atoms with E-state index >= 15 is 0 Å². The van der Waals surface area contributed by atoms with Gasteiger partial charge in [0.1, 0.15) is 0 Å². The van der Waals surface area contributed by atoms with E-state index in [1.54, 1.807) is 4.57 Å². The second kappa shape index (κ2) is 4.17. The summed E-state index contributed by atoms with van der Waals surface area (Å²) in [5.41, 5.74) is 2.14. The zero-order chi connectivity index (χ0) is 12.6. The van der Waals surface area contributed by atoms with Gasteiger partial charge in [-0.15, -0.1) is 0 Å². The van der Waals surface area contributed by atoms with Crippen molar-refractivity contribution in [2.75, 3.05) is 0 Å². The lowest BCUT2D eigenvalue weighted by molar-refractivity contribution is 0.0858. The summed E-state index contributed by atoms with van der Waals surface area (Å²) in [5, 5.41) is 0.842. The molecular weight excluding hydrogens is 214 g/mol. The third-order valence-corrected chi connectivity index (χ3v) is 2.99. The summed E-state index contributed by atoms with van der Waals surface area (Å²) in [6.07, 6.45) is 0.821. The Bertz CT molecular complexity index is 594. The minimum Gasteiger partial charge on any atom is -0.298 e. The maximum Gasteiger partial charge on any atom is 0.233 e. The topological polar surface area (TPSA) is 39.1 Å². The summed E-state index contributed by atoms with van der Waals surface area (Å²) >= 11 is 0. The first-order valence-electron chi connectivity index (χ1n) is 5.67. The molecule has 0 N–H and O–H groups in total. The Balaban J connectivity index is 2.83. The van der Waals surface area contributed by atoms with Gasteiger partial charge in [0.2, 0.25) is 5.91 Å². The predicted octanol–water partition coefficient (Wildman–Crippen LogP) is 3.06. The predicted molar refractivity (Wildman–Crippen MR) is 67.5 cm³/mol. The van der Waals surface area contributed by atoms with Gasteiger partial charge in [0.25, 0.3) is 0 Å². The van der Waals surface area contributed by atoms with Gasteiger partial charge in [-0.05, 0) is 13.0 Å². The summed E-state index contributed by atoms with van der Waals surface area (Å²) in [6.45, 7) is 5.53. The Hall–Kier alpha value is -1.90. The van der Waals surface area contributed by atoms with Gasteiger partial charge < -0.3 is 0 Å². The van der Waals surface area contributed by atoms with Crippen LogP contribution in [0.1, 0.15) is 34.7 Å². The first-order chi connectivity index (χ1) is 8.07. The molecule has 2 aromatic rings. The fraction of sp³-hybridized carbons (Fsp3) is 0.286. The third-order valence-electron chi connectivity index (χ3n) is 2.99. The van der Waals surface area contributed by atoms with Crippen molar-refractivity contribution in [3.05, 3.63) is 35.5 Å². The maximum atomic E-state index is 12.2. The molecule has 0 atom stereocenters. The molecule has 1 aromatic carbocycles. The van der Waals surface area contributed by atoms with Crippen LogP contribution >= 0.6 is 0 Å². The summed E-state index contributed by atoms with van der Waals surface area (Å²) < 4.78 is 1.64. The second-order valence-electron chi connectivity index (χ2n) is 4.46. The van der Waals surface area contributed by atoms with Crippen molar-refractivity contribution in [2.24, 2.45) is 5.92 Å². The molecule has 0 spiro atoms. The summed E-state index contributed by atoms with van der Waals surface area (Å²) in [4.78, 5) is 23.3. The van der Waals surface area contributed by atoms with Gasteiger partial charge in [-0.1, -0.05) is 32.0 Å². The summed E-state index contributed by atoms with van der Waals surface area (Å²) in [5.74, 6) is -0.0733. The van der Waals surface area contributed by atoms with Crippen LogP contribution in [0.15, 0.2) is 24.3 Å². The Kier molecular flexibility index (Phi) is 2.84. The van der Waals surface area contributed by atoms with Gasteiger partial charge >= 0.3 is 0 Å². The van der Waals surface area contributed by atoms with Gasteiger partial charge in [0, 0.05) is 22.6 Å². The highest BCUT2D eigenvalue weighted by molar-refractivity contribution is 6.04. The molecule has 1 aromatic heterocycles. The molecule has 0 aliphatic carbocycles. The van der Waals surface area contributed by atoms with E-state index in [0.717, 1.165) is 22.9 Å². The molecule has 0 unspecified atom stereocenters. The number of hydrogen-bond donors (Lipinski definition) is 0. The summed E-state index contributed by atoms with van der Waals surface area (Å²) in [7, 11) is 0. The molecule has 0 aliphatic rings. The SMILES string of the molecule is Cc1c(C=O)c2ccccc2n1C(=O)C(C)C. The zero-order valence-electron chi connectivity index (χ0n) is 10.2. The smallest absolute Gasteiger partial charge is 0.233 e. The number of aromatic nitrogens is 1. The first-order valence-corrected chi connectivity index (χ1v) is 5.67. The van der Waals surface area contributed by atoms with Gasteiger partial charge in [-0.3, -0.25) is 14.2 Å². The lowest BCUT2D eigenvalue weighted by Gasteiger charge is -2.09. The van der Waals surface area contributed by atoms with E-state index in [2.05, 4.69) is 0 Å². The van der Waals surface area contributed by atoms with E-state index in [-0.39, 0.29) is 11.8 Å². The van der Waals surface area contributed by atoms with E-state index in [9.17, 15) is 9.59 Å². The minimum atomic E-state index is -0.0935. The van der Waals surface area contributed by atoms with Crippen LogP contribution < -0.4 is 0 Å². The lowest BCUT2D eigenvalue weighted by atomic mass is 10.1. The quantitative estimate of drug-likeness (QED) is 0.742. The van der Waals surface area contributed by atoms with Crippen LogP contribution in [0, 0.1) is 12.8 Å². The number of hydrogen-bond acceptors (Lipinski definition) is 2. The van der Waals surface area contributed by atoms with Gasteiger partial charge in [0.05, 0.1) is 5.52 Å². The number of aldehydes is 1. The molecule has 0 amide bonds. The highest BCUT2D eigenvalue weighted by atomic mass is 16.2. The van der Waals surface area contributed by atoms with Gasteiger partial charge in [-0.25, -0.2) is 0 Å². The van der Waals surface area contributed by atoms with Crippen molar-refractivity contribution in [2.45, 2.75) is 20.8 Å². The molecule has 0 saturated carbocycles. The average molecular weight is 229 g/mol. The monoisotopic (exact) mass is 229 g/mol. The highest BCUT2D eigenvalue weighted by Gasteiger charge is 2.19. The second-order valence-corrected chi connectivity index (χ2v) is 4.46. The fourth-order valence-electron chi connectivity index (χ4n) is 2.08. The Morgan fingerprint density at radius 3 is 2.53 bits per heavy atom. The normalized spacial score (nSPS) is 11.1. The third kappa shape index (κ3) is 1.68. The molecule has 0 aliphatic heterocycles. The molecule has 0 bridgehead atoms. The summed E-state index contributed by atoms with van der Waals surface area (Å²) in [6, 6.07) is 7.49. The highest BCUT2D eigenvalue weighted by Crippen LogP contribution is 2.25. The number of nitrogens with zero attached hydrogens (tertiary/aromatic N) is 1. The van der Waals surface area contributed by atoms with Crippen LogP contribution in [0.4, 0.5) is 0 Å². The Morgan fingerprint density at radius 2 is 1.94 bits per heavy atom. The van der Waals surface area contributed by atoms with Crippen molar-refractivity contribution in [1.82, 2.24) is 4.57 Å². The zero-order valence-corrected chi connectivity index (χ0v) is 10.2. The standard InChI is InChI=1S/C14H15NO2/c1-9(2)14(17)15-10(3)12(8-16)11-6-4-5-7-13(11)15/h4-9H,1-3H3. The van der Waals surface area contributed by atoms with E-state index in [1.165, 1.54) is 0 Å². The van der Waals surface area contributed by atoms with E-state index in [4.69, 9.17) is 0 Å². The number of para-hydroxylation sites is 1. The molecule has 2 rings (SSSR count).